The number of allylic oxidation sites excluding steroid dienone is 1. The molecule has 5 heteroatoms. The highest BCUT2D eigenvalue weighted by Crippen LogP contribution is 2.26. The van der Waals surface area contributed by atoms with Crippen LogP contribution in [0.3, 0.4) is 0 Å². The summed E-state index contributed by atoms with van der Waals surface area (Å²) in [6.07, 6.45) is 3.94. The first kappa shape index (κ1) is 14.3. The van der Waals surface area contributed by atoms with Gasteiger partial charge in [0.05, 0.1) is 5.69 Å². The molecule has 0 saturated heterocycles. The van der Waals surface area contributed by atoms with Gasteiger partial charge in [-0.3, -0.25) is 0 Å². The molecule has 1 aromatic carbocycles. The van der Waals surface area contributed by atoms with Gasteiger partial charge in [0.25, 0.3) is 0 Å². The summed E-state index contributed by atoms with van der Waals surface area (Å²) in [5.41, 5.74) is 14.0. The maximum absolute atomic E-state index is 6.18. The van der Waals surface area contributed by atoms with Crippen LogP contribution in [-0.4, -0.2) is 9.97 Å². The third-order valence-corrected chi connectivity index (χ3v) is 3.47. The second-order valence-corrected chi connectivity index (χ2v) is 5.04. The monoisotopic (exact) mass is 288 g/mol. The molecule has 0 saturated carbocycles. The Labute approximate surface area is 123 Å². The van der Waals surface area contributed by atoms with Crippen LogP contribution in [0.25, 0.3) is 6.08 Å². The number of nitrogens with zero attached hydrogens (tertiary/aromatic N) is 2. The van der Waals surface area contributed by atoms with Crippen LogP contribution >= 0.6 is 11.6 Å². The number of nitrogen functional groups attached to an aromatic ring is 2. The Morgan fingerprint density at radius 2 is 1.90 bits per heavy atom. The van der Waals surface area contributed by atoms with Gasteiger partial charge in [-0.25, -0.2) is 4.98 Å². The van der Waals surface area contributed by atoms with Crippen molar-refractivity contribution in [1.82, 2.24) is 9.97 Å². The predicted molar refractivity (Wildman–Crippen MR) is 84.5 cm³/mol. The number of aromatic nitrogens is 2. The average molecular weight is 289 g/mol. The second kappa shape index (κ2) is 5.92. The Kier molecular flexibility index (Phi) is 4.25. The van der Waals surface area contributed by atoms with Gasteiger partial charge < -0.3 is 11.5 Å². The van der Waals surface area contributed by atoms with Crippen molar-refractivity contribution in [3.05, 3.63) is 52.2 Å². The van der Waals surface area contributed by atoms with E-state index in [9.17, 15) is 0 Å². The quantitative estimate of drug-likeness (QED) is 0.907. The smallest absolute Gasteiger partial charge is 0.222 e. The van der Waals surface area contributed by atoms with Crippen LogP contribution in [0.1, 0.15) is 29.7 Å². The average Bonchev–Trinajstić information content (AvgIpc) is 2.37. The zero-order valence-corrected chi connectivity index (χ0v) is 12.2. The molecule has 1 heterocycles. The molecule has 0 spiro atoms. The number of benzene rings is 1. The van der Waals surface area contributed by atoms with Crippen molar-refractivity contribution < 1.29 is 0 Å². The summed E-state index contributed by atoms with van der Waals surface area (Å²) in [4.78, 5) is 8.08. The summed E-state index contributed by atoms with van der Waals surface area (Å²) >= 11 is 6.18. The lowest BCUT2D eigenvalue weighted by Gasteiger charge is -2.10. The van der Waals surface area contributed by atoms with Crippen LogP contribution in [-0.2, 0) is 0 Å². The lowest BCUT2D eigenvalue weighted by molar-refractivity contribution is 0.972. The number of hydrogen-bond acceptors (Lipinski definition) is 4. The minimum Gasteiger partial charge on any atom is -0.383 e. The zero-order valence-electron chi connectivity index (χ0n) is 11.5. The van der Waals surface area contributed by atoms with Gasteiger partial charge in [0, 0.05) is 16.5 Å². The Morgan fingerprint density at radius 3 is 2.55 bits per heavy atom. The lowest BCUT2D eigenvalue weighted by atomic mass is 9.99. The molecule has 0 aliphatic carbocycles. The first-order chi connectivity index (χ1) is 9.49. The number of aryl methyl sites for hydroxylation is 1. The highest BCUT2D eigenvalue weighted by Gasteiger charge is 2.08. The molecule has 4 N–H and O–H groups in total. The van der Waals surface area contributed by atoms with E-state index in [0.29, 0.717) is 5.82 Å². The van der Waals surface area contributed by atoms with Crippen LogP contribution < -0.4 is 11.5 Å². The summed E-state index contributed by atoms with van der Waals surface area (Å²) in [6, 6.07) is 7.77. The van der Waals surface area contributed by atoms with Crippen molar-refractivity contribution in [3.63, 3.8) is 0 Å². The number of rotatable bonds is 3. The summed E-state index contributed by atoms with van der Waals surface area (Å²) < 4.78 is 0. The maximum Gasteiger partial charge on any atom is 0.222 e. The molecule has 4 nitrogen and oxygen atoms in total. The van der Waals surface area contributed by atoms with Gasteiger partial charge in [-0.15, -0.1) is 0 Å². The van der Waals surface area contributed by atoms with Crippen molar-refractivity contribution in [1.29, 1.82) is 0 Å². The van der Waals surface area contributed by atoms with Crippen molar-refractivity contribution in [3.8, 4) is 0 Å². The van der Waals surface area contributed by atoms with Gasteiger partial charge in [0.2, 0.25) is 5.95 Å². The van der Waals surface area contributed by atoms with E-state index in [1.807, 2.05) is 43.3 Å². The van der Waals surface area contributed by atoms with E-state index in [1.54, 1.807) is 0 Å². The molecule has 0 radical (unpaired) electrons. The van der Waals surface area contributed by atoms with E-state index in [2.05, 4.69) is 16.9 Å². The van der Waals surface area contributed by atoms with E-state index in [0.717, 1.165) is 21.8 Å². The molecular formula is C15H17ClN4. The summed E-state index contributed by atoms with van der Waals surface area (Å²) in [7, 11) is 0. The number of nitrogens with two attached hydrogens (primary N) is 2. The summed E-state index contributed by atoms with van der Waals surface area (Å²) in [5.74, 6) is 0.744. The van der Waals surface area contributed by atoms with Gasteiger partial charge in [0.1, 0.15) is 5.82 Å². The van der Waals surface area contributed by atoms with Crippen LogP contribution in [0.5, 0.6) is 0 Å². The topological polar surface area (TPSA) is 77.8 Å². The number of anilines is 2. The Morgan fingerprint density at radius 1 is 1.20 bits per heavy atom. The molecule has 104 valence electrons. The van der Waals surface area contributed by atoms with Gasteiger partial charge in [-0.2, -0.15) is 4.98 Å². The molecule has 0 fully saturated rings. The fourth-order valence-electron chi connectivity index (χ4n) is 2.02. The van der Waals surface area contributed by atoms with Crippen molar-refractivity contribution >= 4 is 29.4 Å². The predicted octanol–water partition coefficient (Wildman–Crippen LogP) is 3.42. The van der Waals surface area contributed by atoms with E-state index in [1.165, 1.54) is 0 Å². The van der Waals surface area contributed by atoms with Crippen LogP contribution in [0.2, 0.25) is 5.02 Å². The third kappa shape index (κ3) is 3.08. The van der Waals surface area contributed by atoms with Gasteiger partial charge in [0.15, 0.2) is 0 Å². The fourth-order valence-corrected chi connectivity index (χ4v) is 2.33. The summed E-state index contributed by atoms with van der Waals surface area (Å²) in [6.45, 7) is 3.93. The summed E-state index contributed by atoms with van der Waals surface area (Å²) in [5, 5.41) is 0.753. The first-order valence-corrected chi connectivity index (χ1v) is 6.69. The fraction of sp³-hybridized carbons (Fsp3) is 0.200. The van der Waals surface area contributed by atoms with Crippen LogP contribution in [0.4, 0.5) is 11.8 Å². The van der Waals surface area contributed by atoms with E-state index < -0.39 is 0 Å². The Bertz CT molecular complexity index is 629. The maximum atomic E-state index is 6.18. The molecule has 1 unspecified atom stereocenters. The van der Waals surface area contributed by atoms with Gasteiger partial charge in [-0.05, 0) is 18.6 Å². The molecule has 2 rings (SSSR count). The van der Waals surface area contributed by atoms with Crippen LogP contribution in [0.15, 0.2) is 30.3 Å². The normalized spacial score (nSPS) is 12.8. The van der Waals surface area contributed by atoms with E-state index in [4.69, 9.17) is 23.1 Å². The minimum atomic E-state index is 0.167. The molecule has 0 aliphatic rings. The van der Waals surface area contributed by atoms with Gasteiger partial charge >= 0.3 is 0 Å². The standard InChI is InChI=1S/C15H17ClN4/c1-9(11-5-3-4-6-13(11)16)7-8-12-10(2)19-15(18)20-14(12)17/h3-9H,1-2H3,(H4,17,18,19,20). The highest BCUT2D eigenvalue weighted by atomic mass is 35.5. The Hall–Kier alpha value is -2.07. The Balaban J connectivity index is 2.28. The molecule has 0 amide bonds. The molecule has 0 bridgehead atoms. The lowest BCUT2D eigenvalue weighted by Crippen LogP contribution is -2.04. The molecule has 0 aliphatic heterocycles. The largest absolute Gasteiger partial charge is 0.383 e. The zero-order chi connectivity index (χ0) is 14.7. The second-order valence-electron chi connectivity index (χ2n) is 4.64. The molecular weight excluding hydrogens is 272 g/mol. The molecule has 2 aromatic rings. The van der Waals surface area contributed by atoms with E-state index >= 15 is 0 Å². The van der Waals surface area contributed by atoms with Crippen molar-refractivity contribution in [2.75, 3.05) is 11.5 Å². The minimum absolute atomic E-state index is 0.167. The van der Waals surface area contributed by atoms with Gasteiger partial charge in [-0.1, -0.05) is 48.9 Å². The molecule has 1 atom stereocenters. The van der Waals surface area contributed by atoms with E-state index in [-0.39, 0.29) is 11.9 Å². The van der Waals surface area contributed by atoms with Crippen molar-refractivity contribution in [2.24, 2.45) is 0 Å². The highest BCUT2D eigenvalue weighted by molar-refractivity contribution is 6.31. The SMILES string of the molecule is Cc1nc(N)nc(N)c1C=CC(C)c1ccccc1Cl. The van der Waals surface area contributed by atoms with Crippen molar-refractivity contribution in [2.45, 2.75) is 19.8 Å². The number of halogens is 1. The number of hydrogen-bond donors (Lipinski definition) is 2. The molecule has 1 aromatic heterocycles. The first-order valence-electron chi connectivity index (χ1n) is 6.31. The van der Waals surface area contributed by atoms with Crippen LogP contribution in [0, 0.1) is 6.92 Å². The third-order valence-electron chi connectivity index (χ3n) is 3.13. The molecule has 20 heavy (non-hydrogen) atoms.